The van der Waals surface area contributed by atoms with Gasteiger partial charge in [-0.1, -0.05) is 37.0 Å². The lowest BCUT2D eigenvalue weighted by atomic mass is 10.0. The number of likely N-dealkylation sites (N-methyl/N-ethyl adjacent to an activating group) is 1. The van der Waals surface area contributed by atoms with E-state index in [0.29, 0.717) is 24.2 Å². The minimum atomic E-state index is -3.92. The summed E-state index contributed by atoms with van der Waals surface area (Å²) in [5.74, 6) is 5.54. The molecular formula is C26H33FN2O5S. The Kier molecular flexibility index (Phi) is 9.27. The number of halogens is 1. The van der Waals surface area contributed by atoms with E-state index in [1.807, 2.05) is 18.9 Å². The lowest BCUT2D eigenvalue weighted by molar-refractivity contribution is 0.0731. The largest absolute Gasteiger partial charge is 0.487 e. The maximum absolute atomic E-state index is 14.2. The highest BCUT2D eigenvalue weighted by Crippen LogP contribution is 2.34. The summed E-state index contributed by atoms with van der Waals surface area (Å²) in [4.78, 5) is 1.99. The summed E-state index contributed by atoms with van der Waals surface area (Å²) in [5.41, 5.74) is 1.17. The quantitative estimate of drug-likeness (QED) is 0.585. The van der Waals surface area contributed by atoms with Crippen molar-refractivity contribution in [1.82, 2.24) is 9.21 Å². The Bertz CT molecular complexity index is 1180. The second kappa shape index (κ2) is 12.0. The molecule has 0 fully saturated rings. The summed E-state index contributed by atoms with van der Waals surface area (Å²) in [6, 6.07) is 10.8. The molecule has 0 aliphatic carbocycles. The van der Waals surface area contributed by atoms with E-state index in [0.717, 1.165) is 0 Å². The Morgan fingerprint density at radius 3 is 2.74 bits per heavy atom. The zero-order chi connectivity index (χ0) is 25.6. The van der Waals surface area contributed by atoms with Gasteiger partial charge in [-0.25, -0.2) is 12.8 Å². The number of nitrogens with zero attached hydrogens (tertiary/aromatic N) is 2. The first-order valence-electron chi connectivity index (χ1n) is 11.5. The normalized spacial score (nSPS) is 20.7. The third kappa shape index (κ3) is 6.60. The van der Waals surface area contributed by atoms with Gasteiger partial charge in [0, 0.05) is 49.8 Å². The average molecular weight is 505 g/mol. The summed E-state index contributed by atoms with van der Waals surface area (Å²) < 4.78 is 53.9. The van der Waals surface area contributed by atoms with E-state index in [2.05, 4.69) is 11.8 Å². The molecule has 0 saturated heterocycles. The van der Waals surface area contributed by atoms with E-state index in [-0.39, 0.29) is 42.1 Å². The second-order valence-corrected chi connectivity index (χ2v) is 10.8. The van der Waals surface area contributed by atoms with Gasteiger partial charge < -0.3 is 14.6 Å². The molecule has 3 rings (SSSR count). The van der Waals surface area contributed by atoms with Gasteiger partial charge in [0.2, 0.25) is 10.0 Å². The predicted octanol–water partition coefficient (Wildman–Crippen LogP) is 2.72. The first-order chi connectivity index (χ1) is 16.7. The fourth-order valence-electron chi connectivity index (χ4n) is 4.02. The molecule has 7 nitrogen and oxygen atoms in total. The van der Waals surface area contributed by atoms with Crippen LogP contribution >= 0.6 is 0 Å². The monoisotopic (exact) mass is 504 g/mol. The zero-order valence-corrected chi connectivity index (χ0v) is 21.4. The lowest BCUT2D eigenvalue weighted by Crippen LogP contribution is -2.49. The number of rotatable bonds is 7. The summed E-state index contributed by atoms with van der Waals surface area (Å²) in [5, 5.41) is 9.77. The van der Waals surface area contributed by atoms with Crippen molar-refractivity contribution in [1.29, 1.82) is 0 Å². The van der Waals surface area contributed by atoms with Crippen LogP contribution in [0.2, 0.25) is 0 Å². The van der Waals surface area contributed by atoms with Crippen LogP contribution in [0.25, 0.3) is 0 Å². The highest BCUT2D eigenvalue weighted by atomic mass is 32.2. The molecule has 190 valence electrons. The standard InChI is InChI=1S/C26H33FN2O5S/c1-19-15-29(20(2)18-30)35(31,32)26-12-11-21(8-7-13-33-4)14-24(26)34-25(19)17-28(3)16-22-9-5-6-10-23(22)27/h5-6,9-12,14,19-20,25,30H,13,15-18H2,1-4H3/t19-,20+,25-/m1/s1. The number of sulfonamides is 1. The molecule has 0 bridgehead atoms. The van der Waals surface area contributed by atoms with Crippen molar-refractivity contribution in [3.05, 3.63) is 59.4 Å². The Morgan fingerprint density at radius 2 is 2.06 bits per heavy atom. The molecule has 1 aliphatic rings. The van der Waals surface area contributed by atoms with Crippen LogP contribution in [-0.2, 0) is 21.3 Å². The van der Waals surface area contributed by atoms with Crippen molar-refractivity contribution in [2.75, 3.05) is 40.5 Å². The molecule has 0 saturated carbocycles. The smallest absolute Gasteiger partial charge is 0.247 e. The first kappa shape index (κ1) is 27.1. The fourth-order valence-corrected chi connectivity index (χ4v) is 5.85. The Balaban J connectivity index is 1.97. The van der Waals surface area contributed by atoms with Crippen LogP contribution < -0.4 is 4.74 Å². The predicted molar refractivity (Wildman–Crippen MR) is 132 cm³/mol. The molecule has 2 aromatic rings. The van der Waals surface area contributed by atoms with Gasteiger partial charge in [-0.2, -0.15) is 4.31 Å². The molecule has 0 radical (unpaired) electrons. The van der Waals surface area contributed by atoms with Crippen LogP contribution in [0.1, 0.15) is 25.0 Å². The molecular weight excluding hydrogens is 471 g/mol. The van der Waals surface area contributed by atoms with E-state index < -0.39 is 22.2 Å². The number of hydrogen-bond donors (Lipinski definition) is 1. The summed E-state index contributed by atoms with van der Waals surface area (Å²) in [7, 11) is -0.501. The molecule has 35 heavy (non-hydrogen) atoms. The summed E-state index contributed by atoms with van der Waals surface area (Å²) in [6.45, 7) is 4.54. The first-order valence-corrected chi connectivity index (χ1v) is 12.9. The van der Waals surface area contributed by atoms with Crippen LogP contribution in [0.5, 0.6) is 5.75 Å². The van der Waals surface area contributed by atoms with Crippen LogP contribution in [0, 0.1) is 23.6 Å². The topological polar surface area (TPSA) is 79.3 Å². The number of methoxy groups -OCH3 is 1. The summed E-state index contributed by atoms with van der Waals surface area (Å²) >= 11 is 0. The molecule has 1 heterocycles. The molecule has 9 heteroatoms. The van der Waals surface area contributed by atoms with Crippen LogP contribution in [0.15, 0.2) is 47.4 Å². The SMILES string of the molecule is COCC#Cc1ccc2c(c1)O[C@H](CN(C)Cc1ccccc1F)[C@H](C)CN([C@@H](C)CO)S2(=O)=O. The number of hydrogen-bond acceptors (Lipinski definition) is 6. The fraction of sp³-hybridized carbons (Fsp3) is 0.462. The number of benzene rings is 2. The zero-order valence-electron chi connectivity index (χ0n) is 20.6. The number of aliphatic hydroxyl groups excluding tert-OH is 1. The lowest BCUT2D eigenvalue weighted by Gasteiger charge is -2.37. The molecule has 0 spiro atoms. The van der Waals surface area contributed by atoms with Crippen molar-refractivity contribution in [2.45, 2.75) is 37.4 Å². The average Bonchev–Trinajstić information content (AvgIpc) is 2.82. The Hall–Kier alpha value is -2.48. The highest BCUT2D eigenvalue weighted by Gasteiger charge is 2.38. The van der Waals surface area contributed by atoms with E-state index >= 15 is 0 Å². The molecule has 3 atom stereocenters. The minimum absolute atomic E-state index is 0.0312. The Labute approximate surface area is 207 Å². The summed E-state index contributed by atoms with van der Waals surface area (Å²) in [6.07, 6.45) is -0.392. The van der Waals surface area contributed by atoms with E-state index in [9.17, 15) is 17.9 Å². The highest BCUT2D eigenvalue weighted by molar-refractivity contribution is 7.89. The van der Waals surface area contributed by atoms with Crippen LogP contribution in [-0.4, -0.2) is 75.3 Å². The molecule has 0 amide bonds. The van der Waals surface area contributed by atoms with Crippen molar-refractivity contribution >= 4 is 10.0 Å². The molecule has 0 unspecified atom stereocenters. The van der Waals surface area contributed by atoms with Crippen molar-refractivity contribution in [3.63, 3.8) is 0 Å². The van der Waals surface area contributed by atoms with E-state index in [4.69, 9.17) is 9.47 Å². The third-order valence-electron chi connectivity index (χ3n) is 6.01. The van der Waals surface area contributed by atoms with Gasteiger partial charge >= 0.3 is 0 Å². The molecule has 2 aromatic carbocycles. The van der Waals surface area contributed by atoms with Gasteiger partial charge in [-0.15, -0.1) is 0 Å². The van der Waals surface area contributed by atoms with Crippen LogP contribution in [0.4, 0.5) is 4.39 Å². The van der Waals surface area contributed by atoms with Crippen LogP contribution in [0.3, 0.4) is 0 Å². The second-order valence-electron chi connectivity index (χ2n) is 8.92. The van der Waals surface area contributed by atoms with Gasteiger partial charge in [-0.3, -0.25) is 4.90 Å². The van der Waals surface area contributed by atoms with Gasteiger partial charge in [0.25, 0.3) is 0 Å². The van der Waals surface area contributed by atoms with E-state index in [1.54, 1.807) is 44.4 Å². The Morgan fingerprint density at radius 1 is 1.31 bits per heavy atom. The van der Waals surface area contributed by atoms with Crippen molar-refractivity contribution in [2.24, 2.45) is 5.92 Å². The van der Waals surface area contributed by atoms with E-state index in [1.165, 1.54) is 16.4 Å². The number of ether oxygens (including phenoxy) is 2. The molecule has 1 aliphatic heterocycles. The third-order valence-corrected chi connectivity index (χ3v) is 8.03. The number of aliphatic hydroxyl groups is 1. The number of fused-ring (bicyclic) bond motifs is 1. The van der Waals surface area contributed by atoms with Gasteiger partial charge in [-0.05, 0) is 38.2 Å². The maximum Gasteiger partial charge on any atom is 0.247 e. The van der Waals surface area contributed by atoms with Gasteiger partial charge in [0.05, 0.1) is 6.61 Å². The minimum Gasteiger partial charge on any atom is -0.487 e. The van der Waals surface area contributed by atoms with Gasteiger partial charge in [0.15, 0.2) is 0 Å². The van der Waals surface area contributed by atoms with Crippen molar-refractivity contribution < 1.29 is 27.4 Å². The molecule has 1 N–H and O–H groups in total. The van der Waals surface area contributed by atoms with Crippen molar-refractivity contribution in [3.8, 4) is 17.6 Å². The maximum atomic E-state index is 14.2. The molecule has 0 aromatic heterocycles. The van der Waals surface area contributed by atoms with Gasteiger partial charge in [0.1, 0.15) is 29.2 Å².